The van der Waals surface area contributed by atoms with Crippen molar-refractivity contribution < 1.29 is 9.84 Å². The van der Waals surface area contributed by atoms with Crippen LogP contribution in [0.4, 0.5) is 0 Å². The van der Waals surface area contributed by atoms with E-state index in [9.17, 15) is 5.11 Å². The highest BCUT2D eigenvalue weighted by atomic mass is 16.5. The number of hydrogen-bond donors (Lipinski definition) is 1. The number of aliphatic hydroxyl groups is 1. The van der Waals surface area contributed by atoms with E-state index in [1.165, 1.54) is 0 Å². The van der Waals surface area contributed by atoms with Gasteiger partial charge in [-0.1, -0.05) is 18.2 Å². The van der Waals surface area contributed by atoms with Gasteiger partial charge in [0.2, 0.25) is 0 Å². The van der Waals surface area contributed by atoms with Gasteiger partial charge in [-0.05, 0) is 31.4 Å². The third kappa shape index (κ3) is 2.81. The first kappa shape index (κ1) is 12.0. The highest BCUT2D eigenvalue weighted by molar-refractivity contribution is 5.38. The van der Waals surface area contributed by atoms with E-state index in [0.29, 0.717) is 6.61 Å². The van der Waals surface area contributed by atoms with Gasteiger partial charge in [-0.15, -0.1) is 11.8 Å². The number of aliphatic hydroxyl groups excluding tert-OH is 1. The number of para-hydroxylation sites is 1. The van der Waals surface area contributed by atoms with Crippen molar-refractivity contribution in [2.45, 2.75) is 38.2 Å². The molecule has 2 heteroatoms. The van der Waals surface area contributed by atoms with Gasteiger partial charge in [0.15, 0.2) is 0 Å². The third-order valence-corrected chi connectivity index (χ3v) is 3.21. The Balaban J connectivity index is 2.08. The summed E-state index contributed by atoms with van der Waals surface area (Å²) in [6.07, 6.45) is 2.07. The molecule has 0 amide bonds. The van der Waals surface area contributed by atoms with E-state index in [1.807, 2.05) is 31.2 Å². The van der Waals surface area contributed by atoms with Gasteiger partial charge >= 0.3 is 0 Å². The van der Waals surface area contributed by atoms with Crippen LogP contribution in [-0.4, -0.2) is 17.8 Å². The van der Waals surface area contributed by atoms with E-state index in [-0.39, 0.29) is 12.0 Å². The quantitative estimate of drug-likeness (QED) is 0.809. The van der Waals surface area contributed by atoms with Gasteiger partial charge in [0, 0.05) is 12.3 Å². The average Bonchev–Trinajstić information content (AvgIpc) is 2.38. The molecule has 0 bridgehead atoms. The Bertz CT molecular complexity index is 428. The number of ether oxygens (including phenoxy) is 1. The van der Waals surface area contributed by atoms with Gasteiger partial charge in [-0.2, -0.15) is 0 Å². The maximum Gasteiger partial charge on any atom is 0.122 e. The zero-order valence-electron chi connectivity index (χ0n) is 10.1. The maximum atomic E-state index is 10.2. The predicted molar refractivity (Wildman–Crippen MR) is 68.0 cm³/mol. The lowest BCUT2D eigenvalue weighted by Gasteiger charge is -2.29. The largest absolute Gasteiger partial charge is 0.493 e. The van der Waals surface area contributed by atoms with Crippen molar-refractivity contribution >= 4 is 0 Å². The standard InChI is InChI=1S/C15H18O2/c1-2-3-4-8-14(16)12-10-11-17-15-9-6-5-7-13(12)15/h5-7,9,12,14,16H,4,8,10-11H2,1H3. The molecule has 90 valence electrons. The summed E-state index contributed by atoms with van der Waals surface area (Å²) in [5.41, 5.74) is 1.13. The number of hydrogen-bond acceptors (Lipinski definition) is 2. The lowest BCUT2D eigenvalue weighted by Crippen LogP contribution is -2.24. The van der Waals surface area contributed by atoms with Gasteiger partial charge in [0.25, 0.3) is 0 Å². The fraction of sp³-hybridized carbons (Fsp3) is 0.467. The Morgan fingerprint density at radius 1 is 1.47 bits per heavy atom. The Hall–Kier alpha value is -1.46. The molecule has 0 saturated carbocycles. The normalized spacial score (nSPS) is 19.5. The van der Waals surface area contributed by atoms with E-state index in [1.54, 1.807) is 0 Å². The van der Waals surface area contributed by atoms with E-state index in [2.05, 4.69) is 11.8 Å². The van der Waals surface area contributed by atoms with E-state index >= 15 is 0 Å². The summed E-state index contributed by atoms with van der Waals surface area (Å²) in [6.45, 7) is 2.52. The van der Waals surface area contributed by atoms with Crippen molar-refractivity contribution in [3.05, 3.63) is 29.8 Å². The first-order valence-corrected chi connectivity index (χ1v) is 6.12. The van der Waals surface area contributed by atoms with Crippen LogP contribution in [0.25, 0.3) is 0 Å². The predicted octanol–water partition coefficient (Wildman–Crippen LogP) is 2.72. The smallest absolute Gasteiger partial charge is 0.122 e. The van der Waals surface area contributed by atoms with E-state index in [4.69, 9.17) is 4.74 Å². The van der Waals surface area contributed by atoms with Crippen LogP contribution in [0.1, 0.15) is 37.7 Å². The summed E-state index contributed by atoms with van der Waals surface area (Å²) in [7, 11) is 0. The van der Waals surface area contributed by atoms with Crippen LogP contribution in [0.3, 0.4) is 0 Å². The van der Waals surface area contributed by atoms with Crippen molar-refractivity contribution in [1.82, 2.24) is 0 Å². The molecule has 2 unspecified atom stereocenters. The van der Waals surface area contributed by atoms with Gasteiger partial charge in [0.1, 0.15) is 5.75 Å². The Morgan fingerprint density at radius 3 is 3.12 bits per heavy atom. The van der Waals surface area contributed by atoms with Crippen molar-refractivity contribution in [1.29, 1.82) is 0 Å². The molecule has 0 fully saturated rings. The SMILES string of the molecule is CC#CCCC(O)C1CCOc2ccccc21. The molecule has 1 aromatic carbocycles. The zero-order valence-corrected chi connectivity index (χ0v) is 10.1. The van der Waals surface area contributed by atoms with Crippen molar-refractivity contribution in [3.63, 3.8) is 0 Å². The molecular formula is C15H18O2. The molecule has 0 spiro atoms. The monoisotopic (exact) mass is 230 g/mol. The second-order valence-electron chi connectivity index (χ2n) is 4.31. The molecule has 0 aliphatic carbocycles. The summed E-state index contributed by atoms with van der Waals surface area (Å²) in [6, 6.07) is 7.99. The first-order chi connectivity index (χ1) is 8.33. The lowest BCUT2D eigenvalue weighted by molar-refractivity contribution is 0.110. The molecule has 2 atom stereocenters. The molecule has 17 heavy (non-hydrogen) atoms. The third-order valence-electron chi connectivity index (χ3n) is 3.21. The highest BCUT2D eigenvalue weighted by Gasteiger charge is 2.26. The summed E-state index contributed by atoms with van der Waals surface area (Å²) >= 11 is 0. The molecule has 1 aliphatic heterocycles. The van der Waals surface area contributed by atoms with Crippen LogP contribution in [0.15, 0.2) is 24.3 Å². The molecule has 0 saturated heterocycles. The second kappa shape index (κ2) is 5.75. The molecule has 1 aromatic rings. The lowest BCUT2D eigenvalue weighted by atomic mass is 9.86. The fourth-order valence-corrected chi connectivity index (χ4v) is 2.32. The molecule has 2 nitrogen and oxygen atoms in total. The van der Waals surface area contributed by atoms with Crippen molar-refractivity contribution in [2.24, 2.45) is 0 Å². The minimum absolute atomic E-state index is 0.193. The summed E-state index contributed by atoms with van der Waals surface area (Å²) < 4.78 is 5.59. The van der Waals surface area contributed by atoms with Crippen LogP contribution < -0.4 is 4.74 Å². The summed E-state index contributed by atoms with van der Waals surface area (Å²) in [5.74, 6) is 6.97. The molecule has 1 aliphatic rings. The number of rotatable bonds is 3. The van der Waals surface area contributed by atoms with Crippen LogP contribution in [-0.2, 0) is 0 Å². The summed E-state index contributed by atoms with van der Waals surface area (Å²) in [5, 5.41) is 10.2. The van der Waals surface area contributed by atoms with Crippen LogP contribution in [0.5, 0.6) is 5.75 Å². The summed E-state index contributed by atoms with van der Waals surface area (Å²) in [4.78, 5) is 0. The average molecular weight is 230 g/mol. The van der Waals surface area contributed by atoms with Crippen molar-refractivity contribution in [3.8, 4) is 17.6 Å². The molecule has 0 radical (unpaired) electrons. The molecule has 1 heterocycles. The number of fused-ring (bicyclic) bond motifs is 1. The molecule has 1 N–H and O–H groups in total. The molecule has 2 rings (SSSR count). The van der Waals surface area contributed by atoms with E-state index < -0.39 is 0 Å². The van der Waals surface area contributed by atoms with Crippen molar-refractivity contribution in [2.75, 3.05) is 6.61 Å². The minimum atomic E-state index is -0.319. The van der Waals surface area contributed by atoms with Gasteiger partial charge in [-0.3, -0.25) is 0 Å². The molecular weight excluding hydrogens is 212 g/mol. The minimum Gasteiger partial charge on any atom is -0.493 e. The van der Waals surface area contributed by atoms with Gasteiger partial charge < -0.3 is 9.84 Å². The van der Waals surface area contributed by atoms with Crippen LogP contribution >= 0.6 is 0 Å². The Morgan fingerprint density at radius 2 is 2.29 bits per heavy atom. The second-order valence-corrected chi connectivity index (χ2v) is 4.31. The van der Waals surface area contributed by atoms with Crippen LogP contribution in [0, 0.1) is 11.8 Å². The Labute approximate surface area is 103 Å². The van der Waals surface area contributed by atoms with Crippen LogP contribution in [0.2, 0.25) is 0 Å². The zero-order chi connectivity index (χ0) is 12.1. The first-order valence-electron chi connectivity index (χ1n) is 6.12. The maximum absolute atomic E-state index is 10.2. The topological polar surface area (TPSA) is 29.5 Å². The van der Waals surface area contributed by atoms with Gasteiger partial charge in [0.05, 0.1) is 12.7 Å². The number of benzene rings is 1. The fourth-order valence-electron chi connectivity index (χ4n) is 2.32. The molecule has 0 aromatic heterocycles. The van der Waals surface area contributed by atoms with E-state index in [0.717, 1.165) is 30.6 Å². The highest BCUT2D eigenvalue weighted by Crippen LogP contribution is 2.36. The Kier molecular flexibility index (Phi) is 4.06. The van der Waals surface area contributed by atoms with Gasteiger partial charge in [-0.25, -0.2) is 0 Å².